The van der Waals surface area contributed by atoms with Gasteiger partial charge in [0.1, 0.15) is 12.6 Å². The summed E-state index contributed by atoms with van der Waals surface area (Å²) in [7, 11) is -4.20. The molecule has 11 heteroatoms. The second kappa shape index (κ2) is 13.9. The molecule has 0 unspecified atom stereocenters. The molecule has 3 aromatic rings. The Balaban J connectivity index is 2.08. The van der Waals surface area contributed by atoms with E-state index >= 15 is 0 Å². The van der Waals surface area contributed by atoms with Crippen molar-refractivity contribution in [1.29, 1.82) is 0 Å². The van der Waals surface area contributed by atoms with Crippen LogP contribution in [0.15, 0.2) is 65.6 Å². The van der Waals surface area contributed by atoms with Gasteiger partial charge in [-0.1, -0.05) is 71.6 Å². The third-order valence-electron chi connectivity index (χ3n) is 6.83. The Bertz CT molecular complexity index is 1510. The molecule has 0 spiro atoms. The molecule has 0 aliphatic carbocycles. The van der Waals surface area contributed by atoms with E-state index in [-0.39, 0.29) is 29.1 Å². The predicted octanol–water partition coefficient (Wildman–Crippen LogP) is 6.79. The molecule has 2 amide bonds. The highest BCUT2D eigenvalue weighted by molar-refractivity contribution is 7.92. The van der Waals surface area contributed by atoms with Crippen molar-refractivity contribution >= 4 is 62.3 Å². The van der Waals surface area contributed by atoms with Crippen molar-refractivity contribution in [3.63, 3.8) is 0 Å². The normalized spacial score (nSPS) is 12.9. The Morgan fingerprint density at radius 3 is 2.17 bits per heavy atom. The first kappa shape index (κ1) is 32.7. The molecule has 0 fully saturated rings. The predicted molar refractivity (Wildman–Crippen MR) is 166 cm³/mol. The summed E-state index contributed by atoms with van der Waals surface area (Å²) < 4.78 is 29.0. The molecule has 3 rings (SSSR count). The SMILES string of the molecule is CC[C@H](C)NC(=O)[C@@H](C)N(Cc1ccc(Cl)c(Cl)c1)C(=O)CN(c1cc(Cl)ccc1C)S(=O)(=O)c1ccc(C)cc1. The van der Waals surface area contributed by atoms with Crippen molar-refractivity contribution in [2.45, 2.75) is 64.6 Å². The molecule has 0 aliphatic heterocycles. The molecule has 0 bridgehead atoms. The number of nitrogens with one attached hydrogen (secondary N) is 1. The quantitative estimate of drug-likeness (QED) is 0.251. The number of amides is 2. The van der Waals surface area contributed by atoms with Gasteiger partial charge in [-0.2, -0.15) is 0 Å². The number of carbonyl (C=O) groups is 2. The summed E-state index contributed by atoms with van der Waals surface area (Å²) in [4.78, 5) is 28.6. The van der Waals surface area contributed by atoms with E-state index in [9.17, 15) is 18.0 Å². The molecule has 0 aromatic heterocycles. The monoisotopic (exact) mass is 637 g/mol. The van der Waals surface area contributed by atoms with Crippen molar-refractivity contribution in [3.8, 4) is 0 Å². The molecular formula is C30H34Cl3N3O4S. The maximum absolute atomic E-state index is 14.1. The smallest absolute Gasteiger partial charge is 0.264 e. The van der Waals surface area contributed by atoms with Gasteiger partial charge in [-0.05, 0) is 81.6 Å². The highest BCUT2D eigenvalue weighted by atomic mass is 35.5. The van der Waals surface area contributed by atoms with Gasteiger partial charge in [0.05, 0.1) is 20.6 Å². The summed E-state index contributed by atoms with van der Waals surface area (Å²) in [5.74, 6) is -0.947. The van der Waals surface area contributed by atoms with Gasteiger partial charge in [-0.3, -0.25) is 13.9 Å². The first-order chi connectivity index (χ1) is 19.2. The highest BCUT2D eigenvalue weighted by Gasteiger charge is 2.33. The van der Waals surface area contributed by atoms with Crippen LogP contribution in [-0.4, -0.2) is 43.8 Å². The minimum Gasteiger partial charge on any atom is -0.352 e. The number of anilines is 1. The second-order valence-corrected chi connectivity index (χ2v) is 13.1. The van der Waals surface area contributed by atoms with Crippen LogP contribution in [0, 0.1) is 13.8 Å². The van der Waals surface area contributed by atoms with Crippen molar-refractivity contribution < 1.29 is 18.0 Å². The first-order valence-electron chi connectivity index (χ1n) is 13.1. The Kier molecular flexibility index (Phi) is 11.1. The summed E-state index contributed by atoms with van der Waals surface area (Å²) >= 11 is 18.6. The van der Waals surface area contributed by atoms with Gasteiger partial charge in [-0.25, -0.2) is 8.42 Å². The van der Waals surface area contributed by atoms with Crippen LogP contribution in [0.3, 0.4) is 0 Å². The molecule has 220 valence electrons. The zero-order valence-corrected chi connectivity index (χ0v) is 26.7. The lowest BCUT2D eigenvalue weighted by Crippen LogP contribution is -2.52. The maximum atomic E-state index is 14.1. The lowest BCUT2D eigenvalue weighted by Gasteiger charge is -2.33. The van der Waals surface area contributed by atoms with Gasteiger partial charge in [-0.15, -0.1) is 0 Å². The molecule has 0 heterocycles. The Hall–Kier alpha value is -2.78. The summed E-state index contributed by atoms with van der Waals surface area (Å²) in [6, 6.07) is 15.1. The van der Waals surface area contributed by atoms with Crippen LogP contribution in [-0.2, 0) is 26.2 Å². The second-order valence-electron chi connectivity index (χ2n) is 10.0. The standard InChI is InChI=1S/C30H34Cl3N3O4S/c1-6-21(4)34-30(38)22(5)35(17-23-10-14-26(32)27(33)15-23)29(37)18-36(28-16-24(31)11-9-20(28)3)41(39,40)25-12-7-19(2)8-13-25/h7-16,21-22H,6,17-18H2,1-5H3,(H,34,38)/t21-,22+/m0/s1. The number of carbonyl (C=O) groups excluding carboxylic acids is 2. The average molecular weight is 639 g/mol. The molecule has 0 aliphatic rings. The lowest BCUT2D eigenvalue weighted by atomic mass is 10.1. The van der Waals surface area contributed by atoms with E-state index in [1.165, 1.54) is 23.1 Å². The minimum absolute atomic E-state index is 0.00222. The molecule has 0 radical (unpaired) electrons. The van der Waals surface area contributed by atoms with Gasteiger partial charge in [0.15, 0.2) is 0 Å². The number of aryl methyl sites for hydroxylation is 2. The van der Waals surface area contributed by atoms with Crippen molar-refractivity contribution in [2.24, 2.45) is 0 Å². The highest BCUT2D eigenvalue weighted by Crippen LogP contribution is 2.30. The van der Waals surface area contributed by atoms with Crippen LogP contribution < -0.4 is 9.62 Å². The summed E-state index contributed by atoms with van der Waals surface area (Å²) in [6.45, 7) is 8.44. The van der Waals surface area contributed by atoms with E-state index in [0.717, 1.165) is 9.87 Å². The zero-order valence-electron chi connectivity index (χ0n) is 23.6. The van der Waals surface area contributed by atoms with Crippen LogP contribution >= 0.6 is 34.8 Å². The number of rotatable bonds is 11. The number of hydrogen-bond donors (Lipinski definition) is 1. The van der Waals surface area contributed by atoms with Gasteiger partial charge in [0.2, 0.25) is 11.8 Å². The van der Waals surface area contributed by atoms with Crippen LogP contribution in [0.2, 0.25) is 15.1 Å². The number of hydrogen-bond acceptors (Lipinski definition) is 4. The van der Waals surface area contributed by atoms with E-state index in [4.69, 9.17) is 34.8 Å². The van der Waals surface area contributed by atoms with E-state index in [1.807, 2.05) is 20.8 Å². The van der Waals surface area contributed by atoms with Gasteiger partial charge in [0, 0.05) is 17.6 Å². The number of sulfonamides is 1. The molecule has 0 saturated heterocycles. The molecule has 0 saturated carbocycles. The van der Waals surface area contributed by atoms with Crippen LogP contribution in [0.4, 0.5) is 5.69 Å². The van der Waals surface area contributed by atoms with E-state index < -0.39 is 28.5 Å². The Labute approximate surface area is 257 Å². The Morgan fingerprint density at radius 2 is 1.56 bits per heavy atom. The van der Waals surface area contributed by atoms with Crippen LogP contribution in [0.25, 0.3) is 0 Å². The van der Waals surface area contributed by atoms with Gasteiger partial charge >= 0.3 is 0 Å². The first-order valence-corrected chi connectivity index (χ1v) is 15.7. The topological polar surface area (TPSA) is 86.8 Å². The third-order valence-corrected chi connectivity index (χ3v) is 9.58. The molecular weight excluding hydrogens is 605 g/mol. The zero-order chi connectivity index (χ0) is 30.5. The van der Waals surface area contributed by atoms with Gasteiger partial charge < -0.3 is 10.2 Å². The molecule has 1 N–H and O–H groups in total. The van der Waals surface area contributed by atoms with Crippen LogP contribution in [0.5, 0.6) is 0 Å². The Morgan fingerprint density at radius 1 is 0.902 bits per heavy atom. The number of nitrogens with zero attached hydrogens (tertiary/aromatic N) is 2. The van der Waals surface area contributed by atoms with Gasteiger partial charge in [0.25, 0.3) is 10.0 Å². The molecule has 41 heavy (non-hydrogen) atoms. The van der Waals surface area contributed by atoms with Crippen molar-refractivity contribution in [3.05, 3.63) is 92.4 Å². The number of halogens is 3. The third kappa shape index (κ3) is 8.16. The van der Waals surface area contributed by atoms with E-state index in [0.29, 0.717) is 32.6 Å². The number of benzene rings is 3. The molecule has 2 atom stereocenters. The fourth-order valence-electron chi connectivity index (χ4n) is 4.08. The largest absolute Gasteiger partial charge is 0.352 e. The van der Waals surface area contributed by atoms with E-state index in [2.05, 4.69) is 5.32 Å². The lowest BCUT2D eigenvalue weighted by molar-refractivity contribution is -0.139. The van der Waals surface area contributed by atoms with Crippen molar-refractivity contribution in [1.82, 2.24) is 10.2 Å². The summed E-state index contributed by atoms with van der Waals surface area (Å²) in [5.41, 5.74) is 2.39. The minimum atomic E-state index is -4.20. The fourth-order valence-corrected chi connectivity index (χ4v) is 6.04. The summed E-state index contributed by atoms with van der Waals surface area (Å²) in [6.07, 6.45) is 0.704. The van der Waals surface area contributed by atoms with Crippen LogP contribution in [0.1, 0.15) is 43.9 Å². The maximum Gasteiger partial charge on any atom is 0.264 e. The molecule has 7 nitrogen and oxygen atoms in total. The van der Waals surface area contributed by atoms with E-state index in [1.54, 1.807) is 56.3 Å². The summed E-state index contributed by atoms with van der Waals surface area (Å²) in [5, 5.41) is 3.87. The fraction of sp³-hybridized carbons (Fsp3) is 0.333. The average Bonchev–Trinajstić information content (AvgIpc) is 2.93. The van der Waals surface area contributed by atoms with Crippen molar-refractivity contribution in [2.75, 3.05) is 10.8 Å². The molecule has 3 aromatic carbocycles.